The molecule has 0 saturated heterocycles. The molecule has 4 nitrogen and oxygen atoms in total. The molecule has 0 fully saturated rings. The monoisotopic (exact) mass is 430 g/mol. The normalized spacial score (nSPS) is 14.4. The number of para-hydroxylation sites is 1. The van der Waals surface area contributed by atoms with Crippen molar-refractivity contribution in [1.82, 2.24) is 0 Å². The Bertz CT molecular complexity index is 1160. The van der Waals surface area contributed by atoms with Crippen molar-refractivity contribution < 1.29 is 9.59 Å². The predicted molar refractivity (Wildman–Crippen MR) is 126 cm³/mol. The van der Waals surface area contributed by atoms with Gasteiger partial charge in [-0.05, 0) is 52.9 Å². The summed E-state index contributed by atoms with van der Waals surface area (Å²) in [7, 11) is 0. The summed E-state index contributed by atoms with van der Waals surface area (Å²) in [5.41, 5.74) is 3.69. The second-order valence-electron chi connectivity index (χ2n) is 8.49. The Morgan fingerprint density at radius 3 is 1.97 bits per heavy atom. The van der Waals surface area contributed by atoms with Crippen molar-refractivity contribution in [2.75, 3.05) is 10.2 Å². The lowest BCUT2D eigenvalue weighted by atomic mass is 9.87. The predicted octanol–water partition coefficient (Wildman–Crippen LogP) is 6.03. The molecule has 0 saturated carbocycles. The Hall–Kier alpha value is -3.37. The number of nitrogens with one attached hydrogen (secondary N) is 1. The summed E-state index contributed by atoms with van der Waals surface area (Å²) in [4.78, 5) is 27.9. The molecule has 156 valence electrons. The van der Waals surface area contributed by atoms with E-state index in [9.17, 15) is 9.59 Å². The van der Waals surface area contributed by atoms with E-state index in [-0.39, 0.29) is 22.9 Å². The molecule has 3 aromatic carbocycles. The molecule has 0 spiro atoms. The molecule has 0 bridgehead atoms. The third-order valence-electron chi connectivity index (χ3n) is 5.25. The van der Waals surface area contributed by atoms with Gasteiger partial charge in [-0.2, -0.15) is 0 Å². The average molecular weight is 431 g/mol. The van der Waals surface area contributed by atoms with Gasteiger partial charge in [0, 0.05) is 10.7 Å². The summed E-state index contributed by atoms with van der Waals surface area (Å²) in [6.07, 6.45) is 0. The zero-order chi connectivity index (χ0) is 22.2. The van der Waals surface area contributed by atoms with E-state index in [4.69, 9.17) is 11.6 Å². The molecule has 4 rings (SSSR count). The maximum absolute atomic E-state index is 13.4. The fourth-order valence-electron chi connectivity index (χ4n) is 3.54. The van der Waals surface area contributed by atoms with Crippen molar-refractivity contribution in [2.24, 2.45) is 0 Å². The van der Waals surface area contributed by atoms with Crippen LogP contribution in [0.25, 0.3) is 5.57 Å². The number of nitrogens with zero attached hydrogens (tertiary/aromatic N) is 1. The summed E-state index contributed by atoms with van der Waals surface area (Å²) < 4.78 is 0. The van der Waals surface area contributed by atoms with Crippen molar-refractivity contribution in [1.29, 1.82) is 0 Å². The highest BCUT2D eigenvalue weighted by Gasteiger charge is 2.40. The number of anilines is 2. The van der Waals surface area contributed by atoms with Crippen LogP contribution in [-0.2, 0) is 15.0 Å². The molecule has 0 atom stereocenters. The van der Waals surface area contributed by atoms with E-state index < -0.39 is 0 Å². The summed E-state index contributed by atoms with van der Waals surface area (Å²) >= 11 is 6.03. The van der Waals surface area contributed by atoms with Crippen LogP contribution in [0, 0.1) is 0 Å². The molecule has 0 unspecified atom stereocenters. The van der Waals surface area contributed by atoms with Gasteiger partial charge in [0.2, 0.25) is 0 Å². The van der Waals surface area contributed by atoms with E-state index >= 15 is 0 Å². The zero-order valence-corrected chi connectivity index (χ0v) is 18.4. The molecule has 1 N–H and O–H groups in total. The quantitative estimate of drug-likeness (QED) is 0.514. The Kier molecular flexibility index (Phi) is 5.42. The van der Waals surface area contributed by atoms with Crippen molar-refractivity contribution >= 4 is 40.4 Å². The van der Waals surface area contributed by atoms with Crippen LogP contribution in [0.2, 0.25) is 5.02 Å². The SMILES string of the molecule is CC(C)(C)c1ccc(NC2=C(c3ccc(Cl)cc3)C(=O)N(c3ccccc3)C2=O)cc1. The standard InChI is InChI=1S/C26H23ClN2O2/c1-26(2,3)18-11-15-20(16-12-18)28-23-22(17-9-13-19(27)14-10-17)24(30)29(25(23)31)21-7-5-4-6-8-21/h4-16,28H,1-3H3. The number of halogens is 1. The van der Waals surface area contributed by atoms with Crippen LogP contribution >= 0.6 is 11.6 Å². The first kappa shape index (κ1) is 20.9. The van der Waals surface area contributed by atoms with Gasteiger partial charge < -0.3 is 5.32 Å². The Morgan fingerprint density at radius 2 is 1.39 bits per heavy atom. The molecule has 2 amide bonds. The maximum atomic E-state index is 13.4. The first-order valence-electron chi connectivity index (χ1n) is 10.1. The first-order valence-corrected chi connectivity index (χ1v) is 10.4. The van der Waals surface area contributed by atoms with Gasteiger partial charge in [0.15, 0.2) is 0 Å². The third-order valence-corrected chi connectivity index (χ3v) is 5.50. The minimum absolute atomic E-state index is 0.0233. The Balaban J connectivity index is 1.77. The van der Waals surface area contributed by atoms with Crippen LogP contribution in [0.3, 0.4) is 0 Å². The van der Waals surface area contributed by atoms with Crippen LogP contribution in [0.4, 0.5) is 11.4 Å². The van der Waals surface area contributed by atoms with Gasteiger partial charge in [-0.25, -0.2) is 4.90 Å². The first-order chi connectivity index (χ1) is 14.8. The third kappa shape index (κ3) is 4.12. The summed E-state index contributed by atoms with van der Waals surface area (Å²) in [5.74, 6) is -0.756. The van der Waals surface area contributed by atoms with Gasteiger partial charge in [0.05, 0.1) is 11.3 Å². The fourth-order valence-corrected chi connectivity index (χ4v) is 3.67. The highest BCUT2D eigenvalue weighted by Crippen LogP contribution is 2.34. The lowest BCUT2D eigenvalue weighted by Gasteiger charge is -2.19. The van der Waals surface area contributed by atoms with Gasteiger partial charge in [0.25, 0.3) is 11.8 Å². The fraction of sp³-hybridized carbons (Fsp3) is 0.154. The van der Waals surface area contributed by atoms with Gasteiger partial charge in [-0.15, -0.1) is 0 Å². The van der Waals surface area contributed by atoms with E-state index in [2.05, 4.69) is 26.1 Å². The molecule has 0 aromatic heterocycles. The van der Waals surface area contributed by atoms with Crippen molar-refractivity contribution in [3.63, 3.8) is 0 Å². The minimum atomic E-state index is -0.388. The molecule has 0 radical (unpaired) electrons. The second kappa shape index (κ2) is 8.05. The molecule has 31 heavy (non-hydrogen) atoms. The molecular weight excluding hydrogens is 408 g/mol. The zero-order valence-electron chi connectivity index (χ0n) is 17.6. The Labute approximate surface area is 187 Å². The second-order valence-corrected chi connectivity index (χ2v) is 8.93. The number of carbonyl (C=O) groups is 2. The van der Waals surface area contributed by atoms with Gasteiger partial charge in [0.1, 0.15) is 5.70 Å². The van der Waals surface area contributed by atoms with Gasteiger partial charge >= 0.3 is 0 Å². The van der Waals surface area contributed by atoms with Gasteiger partial charge in [-0.3, -0.25) is 9.59 Å². The summed E-state index contributed by atoms with van der Waals surface area (Å²) in [6, 6.07) is 23.8. The lowest BCUT2D eigenvalue weighted by molar-refractivity contribution is -0.120. The van der Waals surface area contributed by atoms with Crippen LogP contribution in [0.15, 0.2) is 84.6 Å². The molecule has 0 aliphatic carbocycles. The Morgan fingerprint density at radius 1 is 0.774 bits per heavy atom. The van der Waals surface area contributed by atoms with E-state index in [1.807, 2.05) is 30.3 Å². The molecule has 1 aliphatic rings. The van der Waals surface area contributed by atoms with Crippen LogP contribution in [0.5, 0.6) is 0 Å². The minimum Gasteiger partial charge on any atom is -0.350 e. The molecule has 3 aromatic rings. The van der Waals surface area contributed by atoms with Crippen LogP contribution in [-0.4, -0.2) is 11.8 Å². The van der Waals surface area contributed by atoms with Crippen molar-refractivity contribution in [3.05, 3.63) is 101 Å². The molecule has 5 heteroatoms. The van der Waals surface area contributed by atoms with E-state index in [0.717, 1.165) is 5.69 Å². The molecule has 1 heterocycles. The number of hydrogen-bond donors (Lipinski definition) is 1. The summed E-state index contributed by atoms with van der Waals surface area (Å²) in [5, 5.41) is 3.76. The van der Waals surface area contributed by atoms with E-state index in [1.165, 1.54) is 10.5 Å². The van der Waals surface area contributed by atoms with Crippen molar-refractivity contribution in [2.45, 2.75) is 26.2 Å². The highest BCUT2D eigenvalue weighted by molar-refractivity contribution is 6.46. The molecular formula is C26H23ClN2O2. The van der Waals surface area contributed by atoms with Crippen molar-refractivity contribution in [3.8, 4) is 0 Å². The lowest BCUT2D eigenvalue weighted by Crippen LogP contribution is -2.32. The number of benzene rings is 3. The largest absolute Gasteiger partial charge is 0.350 e. The van der Waals surface area contributed by atoms with E-state index in [0.29, 0.717) is 21.8 Å². The number of rotatable bonds is 4. The number of amides is 2. The number of imide groups is 1. The van der Waals surface area contributed by atoms with Crippen LogP contribution < -0.4 is 10.2 Å². The highest BCUT2D eigenvalue weighted by atomic mass is 35.5. The summed E-state index contributed by atoms with van der Waals surface area (Å²) in [6.45, 7) is 6.44. The van der Waals surface area contributed by atoms with E-state index in [1.54, 1.807) is 48.5 Å². The smallest absolute Gasteiger partial charge is 0.282 e. The topological polar surface area (TPSA) is 49.4 Å². The number of carbonyl (C=O) groups excluding carboxylic acids is 2. The number of hydrogen-bond acceptors (Lipinski definition) is 3. The van der Waals surface area contributed by atoms with Gasteiger partial charge in [-0.1, -0.05) is 74.8 Å². The maximum Gasteiger partial charge on any atom is 0.282 e. The molecule has 1 aliphatic heterocycles. The average Bonchev–Trinajstić information content (AvgIpc) is 2.99. The van der Waals surface area contributed by atoms with Crippen LogP contribution in [0.1, 0.15) is 31.9 Å².